The number of anilines is 2. The van der Waals surface area contributed by atoms with Crippen LogP contribution < -0.4 is 10.6 Å². The molecular weight excluding hydrogens is 402 g/mol. The molecule has 0 fully saturated rings. The van der Waals surface area contributed by atoms with E-state index in [1.54, 1.807) is 30.3 Å². The molecule has 5 nitrogen and oxygen atoms in total. The monoisotopic (exact) mass is 419 g/mol. The van der Waals surface area contributed by atoms with Gasteiger partial charge in [0.1, 0.15) is 0 Å². The van der Waals surface area contributed by atoms with E-state index in [0.717, 1.165) is 28.3 Å². The van der Waals surface area contributed by atoms with Crippen molar-refractivity contribution in [3.05, 3.63) is 83.3 Å². The van der Waals surface area contributed by atoms with Crippen molar-refractivity contribution in [1.29, 1.82) is 5.26 Å². The maximum atomic E-state index is 9.02. The van der Waals surface area contributed by atoms with Crippen LogP contribution in [0.1, 0.15) is 11.1 Å². The van der Waals surface area contributed by atoms with Gasteiger partial charge in [-0.2, -0.15) is 5.26 Å². The molecule has 4 aromatic rings. The number of nitrogens with one attached hydrogen (secondary N) is 2. The third-order valence-corrected chi connectivity index (χ3v) is 5.70. The molecule has 0 aliphatic heterocycles. The Balaban J connectivity index is 1.72. The highest BCUT2D eigenvalue weighted by Crippen LogP contribution is 2.33. The summed E-state index contributed by atoms with van der Waals surface area (Å²) in [6.45, 7) is 0.783. The van der Waals surface area contributed by atoms with Crippen molar-refractivity contribution < 1.29 is 0 Å². The topological polar surface area (TPSA) is 65.7 Å². The molecular formula is C22H18ClN5S. The smallest absolute Gasteiger partial charge is 0.0992 e. The molecule has 2 aromatic carbocycles. The van der Waals surface area contributed by atoms with E-state index in [1.165, 1.54) is 10.9 Å². The first-order valence-electron chi connectivity index (χ1n) is 9.01. The molecule has 0 spiro atoms. The summed E-state index contributed by atoms with van der Waals surface area (Å²) in [5.41, 5.74) is 4.54. The van der Waals surface area contributed by atoms with Crippen LogP contribution >= 0.6 is 23.5 Å². The number of aromatic nitrogens is 2. The zero-order valence-corrected chi connectivity index (χ0v) is 17.3. The SMILES string of the molecule is CNCc1cn(Sc2cccnc2)c2cc(Nc3ccc(C#N)cc3Cl)ccc12. The van der Waals surface area contributed by atoms with Crippen LogP contribution in [0.2, 0.25) is 5.02 Å². The fraction of sp³-hybridized carbons (Fsp3) is 0.0909. The second kappa shape index (κ2) is 8.58. The van der Waals surface area contributed by atoms with E-state index >= 15 is 0 Å². The highest BCUT2D eigenvalue weighted by Gasteiger charge is 2.11. The zero-order chi connectivity index (χ0) is 20.2. The van der Waals surface area contributed by atoms with E-state index in [0.29, 0.717) is 10.6 Å². The minimum atomic E-state index is 0.514. The molecule has 0 amide bonds. The summed E-state index contributed by atoms with van der Waals surface area (Å²) in [6.07, 6.45) is 5.78. The molecule has 2 heterocycles. The molecule has 0 saturated carbocycles. The highest BCUT2D eigenvalue weighted by molar-refractivity contribution is 7.98. The van der Waals surface area contributed by atoms with E-state index in [-0.39, 0.29) is 0 Å². The standard InChI is InChI=1S/C22H18ClN5S/c1-25-12-16-14-28(29-18-3-2-8-26-13-18)22-10-17(5-6-19(16)22)27-21-7-4-15(11-24)9-20(21)23/h2-10,13-14,25,27H,12H2,1H3. The summed E-state index contributed by atoms with van der Waals surface area (Å²) in [5.74, 6) is 0. The quantitative estimate of drug-likeness (QED) is 0.427. The van der Waals surface area contributed by atoms with Gasteiger partial charge in [0.15, 0.2) is 0 Å². The predicted molar refractivity (Wildman–Crippen MR) is 120 cm³/mol. The van der Waals surface area contributed by atoms with Crippen LogP contribution in [-0.2, 0) is 6.54 Å². The van der Waals surface area contributed by atoms with Gasteiger partial charge in [-0.1, -0.05) is 17.7 Å². The fourth-order valence-electron chi connectivity index (χ4n) is 3.11. The maximum Gasteiger partial charge on any atom is 0.0992 e. The Bertz CT molecular complexity index is 1200. The van der Waals surface area contributed by atoms with Crippen molar-refractivity contribution in [3.8, 4) is 6.07 Å². The Morgan fingerprint density at radius 3 is 2.83 bits per heavy atom. The number of hydrogen-bond acceptors (Lipinski definition) is 5. The molecule has 2 aromatic heterocycles. The Labute approximate surface area is 178 Å². The number of nitriles is 1. The van der Waals surface area contributed by atoms with Gasteiger partial charge in [-0.05, 0) is 67.0 Å². The molecule has 0 aliphatic rings. The van der Waals surface area contributed by atoms with Crippen molar-refractivity contribution in [2.75, 3.05) is 12.4 Å². The summed E-state index contributed by atoms with van der Waals surface area (Å²) >= 11 is 7.95. The van der Waals surface area contributed by atoms with Crippen molar-refractivity contribution in [2.24, 2.45) is 0 Å². The number of pyridine rings is 1. The van der Waals surface area contributed by atoms with Crippen LogP contribution in [0.15, 0.2) is 72.0 Å². The first-order chi connectivity index (χ1) is 14.2. The van der Waals surface area contributed by atoms with Crippen LogP contribution in [0.3, 0.4) is 0 Å². The van der Waals surface area contributed by atoms with Crippen LogP contribution in [-0.4, -0.2) is 16.0 Å². The Hall–Kier alpha value is -2.98. The summed E-state index contributed by atoms with van der Waals surface area (Å²) in [7, 11) is 1.94. The Kier molecular flexibility index (Phi) is 5.72. The lowest BCUT2D eigenvalue weighted by atomic mass is 10.1. The summed E-state index contributed by atoms with van der Waals surface area (Å²) in [4.78, 5) is 5.27. The van der Waals surface area contributed by atoms with Crippen molar-refractivity contribution in [2.45, 2.75) is 11.4 Å². The van der Waals surface area contributed by atoms with Crippen LogP contribution in [0, 0.1) is 11.3 Å². The average Bonchev–Trinajstić information content (AvgIpc) is 3.07. The fourth-order valence-corrected chi connectivity index (χ4v) is 4.24. The highest BCUT2D eigenvalue weighted by atomic mass is 35.5. The normalized spacial score (nSPS) is 10.8. The molecule has 4 rings (SSSR count). The number of hydrogen-bond donors (Lipinski definition) is 2. The number of benzene rings is 2. The molecule has 0 atom stereocenters. The van der Waals surface area contributed by atoms with Crippen LogP contribution in [0.5, 0.6) is 0 Å². The number of nitrogens with zero attached hydrogens (tertiary/aromatic N) is 3. The van der Waals surface area contributed by atoms with Crippen molar-refractivity contribution >= 4 is 45.8 Å². The average molecular weight is 420 g/mol. The number of halogens is 1. The Morgan fingerprint density at radius 1 is 1.21 bits per heavy atom. The molecule has 0 unspecified atom stereocenters. The molecule has 144 valence electrons. The lowest BCUT2D eigenvalue weighted by Gasteiger charge is -2.10. The third-order valence-electron chi connectivity index (χ3n) is 4.44. The zero-order valence-electron chi connectivity index (χ0n) is 15.7. The summed E-state index contributed by atoms with van der Waals surface area (Å²) < 4.78 is 2.16. The minimum absolute atomic E-state index is 0.514. The van der Waals surface area contributed by atoms with E-state index in [9.17, 15) is 0 Å². The molecule has 0 saturated heterocycles. The van der Waals surface area contributed by atoms with Gasteiger partial charge in [0, 0.05) is 41.1 Å². The number of rotatable bonds is 6. The first-order valence-corrected chi connectivity index (χ1v) is 10.2. The molecule has 29 heavy (non-hydrogen) atoms. The third kappa shape index (κ3) is 4.22. The van der Waals surface area contributed by atoms with Gasteiger partial charge in [0.05, 0.1) is 27.9 Å². The molecule has 7 heteroatoms. The maximum absolute atomic E-state index is 9.02. The summed E-state index contributed by atoms with van der Waals surface area (Å²) in [5, 5.41) is 17.3. The van der Waals surface area contributed by atoms with Gasteiger partial charge in [0.25, 0.3) is 0 Å². The molecule has 0 bridgehead atoms. The van der Waals surface area contributed by atoms with Gasteiger partial charge in [-0.15, -0.1) is 0 Å². The van der Waals surface area contributed by atoms with Gasteiger partial charge in [-0.25, -0.2) is 0 Å². The van der Waals surface area contributed by atoms with Crippen LogP contribution in [0.25, 0.3) is 10.9 Å². The van der Waals surface area contributed by atoms with Gasteiger partial charge in [-0.3, -0.25) is 8.96 Å². The second-order valence-corrected chi connectivity index (χ2v) is 7.91. The first kappa shape index (κ1) is 19.3. The van der Waals surface area contributed by atoms with Crippen molar-refractivity contribution in [1.82, 2.24) is 14.3 Å². The summed E-state index contributed by atoms with van der Waals surface area (Å²) in [6, 6.07) is 17.6. The largest absolute Gasteiger partial charge is 0.354 e. The van der Waals surface area contributed by atoms with Crippen LogP contribution in [0.4, 0.5) is 11.4 Å². The minimum Gasteiger partial charge on any atom is -0.354 e. The van der Waals surface area contributed by atoms with E-state index < -0.39 is 0 Å². The second-order valence-electron chi connectivity index (χ2n) is 6.45. The molecule has 2 N–H and O–H groups in total. The lowest BCUT2D eigenvalue weighted by molar-refractivity contribution is 0.822. The van der Waals surface area contributed by atoms with E-state index in [2.05, 4.69) is 44.0 Å². The lowest BCUT2D eigenvalue weighted by Crippen LogP contribution is -2.04. The van der Waals surface area contributed by atoms with Gasteiger partial charge < -0.3 is 10.6 Å². The predicted octanol–water partition coefficient (Wildman–Crippen LogP) is 5.58. The molecule has 0 radical (unpaired) electrons. The van der Waals surface area contributed by atoms with Gasteiger partial charge in [0.2, 0.25) is 0 Å². The Morgan fingerprint density at radius 2 is 2.10 bits per heavy atom. The van der Waals surface area contributed by atoms with Gasteiger partial charge >= 0.3 is 0 Å². The number of fused-ring (bicyclic) bond motifs is 1. The van der Waals surface area contributed by atoms with E-state index in [4.69, 9.17) is 16.9 Å². The van der Waals surface area contributed by atoms with E-state index in [1.807, 2.05) is 37.5 Å². The molecule has 0 aliphatic carbocycles. The van der Waals surface area contributed by atoms with Crippen molar-refractivity contribution in [3.63, 3.8) is 0 Å².